The number of hydrogen-bond acceptors (Lipinski definition) is 5. The predicted molar refractivity (Wildman–Crippen MR) is 153 cm³/mol. The quantitative estimate of drug-likeness (QED) is 0.212. The first-order chi connectivity index (χ1) is 17.2. The Balaban J connectivity index is 1.38. The second-order valence-electron chi connectivity index (χ2n) is 8.23. The van der Waals surface area contributed by atoms with Crippen molar-refractivity contribution in [3.8, 4) is 20.9 Å². The van der Waals surface area contributed by atoms with Gasteiger partial charge in [0.2, 0.25) is 0 Å². The van der Waals surface area contributed by atoms with Crippen molar-refractivity contribution in [1.82, 2.24) is 8.75 Å². The minimum Gasteiger partial charge on any atom is -0.311 e. The molecule has 0 saturated heterocycles. The number of rotatable bonds is 5. The lowest BCUT2D eigenvalue weighted by atomic mass is 10.1. The fourth-order valence-corrected chi connectivity index (χ4v) is 6.60. The van der Waals surface area contributed by atoms with Gasteiger partial charge in [0.15, 0.2) is 0 Å². The number of para-hydroxylation sites is 2. The highest BCUT2D eigenvalue weighted by Gasteiger charge is 2.16. The van der Waals surface area contributed by atoms with E-state index in [-0.39, 0.29) is 0 Å². The molecule has 0 aliphatic heterocycles. The molecule has 0 radical (unpaired) electrons. The van der Waals surface area contributed by atoms with Crippen molar-refractivity contribution in [3.05, 3.63) is 113 Å². The second kappa shape index (κ2) is 9.38. The number of aryl methyl sites for hydroxylation is 1. The summed E-state index contributed by atoms with van der Waals surface area (Å²) in [5, 5.41) is 0. The maximum atomic E-state index is 4.56. The summed E-state index contributed by atoms with van der Waals surface area (Å²) in [7, 11) is 0. The van der Waals surface area contributed by atoms with Crippen LogP contribution in [0.1, 0.15) is 5.56 Å². The van der Waals surface area contributed by atoms with Crippen LogP contribution in [0.3, 0.4) is 0 Å². The van der Waals surface area contributed by atoms with E-state index in [0.29, 0.717) is 0 Å². The van der Waals surface area contributed by atoms with Crippen LogP contribution in [0.2, 0.25) is 0 Å². The lowest BCUT2D eigenvalue weighted by molar-refractivity contribution is 1.28. The van der Waals surface area contributed by atoms with Crippen LogP contribution in [0.4, 0.5) is 17.1 Å². The molecule has 0 amide bonds. The Morgan fingerprint density at radius 2 is 1.29 bits per heavy atom. The van der Waals surface area contributed by atoms with Gasteiger partial charge < -0.3 is 4.90 Å². The van der Waals surface area contributed by atoms with Gasteiger partial charge in [-0.05, 0) is 82.5 Å². The summed E-state index contributed by atoms with van der Waals surface area (Å²) in [6.45, 7) is 2.18. The van der Waals surface area contributed by atoms with Crippen LogP contribution in [0, 0.1) is 6.92 Å². The van der Waals surface area contributed by atoms with Gasteiger partial charge in [-0.3, -0.25) is 0 Å². The standard InChI is InChI=1S/C29H20BrN3S2/c1-19-18-26(24-16-17-25(30)28-27(24)31-35-32-28)34-29(19)20-12-14-23(15-13-20)33(21-8-4-2-5-9-21)22-10-6-3-7-11-22/h2-18H,1H3. The first kappa shape index (κ1) is 22.2. The fourth-order valence-electron chi connectivity index (χ4n) is 4.30. The van der Waals surface area contributed by atoms with E-state index in [9.17, 15) is 0 Å². The van der Waals surface area contributed by atoms with Crippen LogP contribution < -0.4 is 4.90 Å². The molecule has 3 nitrogen and oxygen atoms in total. The van der Waals surface area contributed by atoms with E-state index >= 15 is 0 Å². The third-order valence-corrected chi connectivity index (χ3v) is 8.45. The Labute approximate surface area is 220 Å². The van der Waals surface area contributed by atoms with Gasteiger partial charge in [0.1, 0.15) is 11.0 Å². The molecule has 0 aliphatic carbocycles. The highest BCUT2D eigenvalue weighted by atomic mass is 79.9. The highest BCUT2D eigenvalue weighted by molar-refractivity contribution is 9.10. The Morgan fingerprint density at radius 3 is 1.94 bits per heavy atom. The number of halogens is 1. The largest absolute Gasteiger partial charge is 0.311 e. The highest BCUT2D eigenvalue weighted by Crippen LogP contribution is 2.42. The number of nitrogens with zero attached hydrogens (tertiary/aromatic N) is 3. The predicted octanol–water partition coefficient (Wildman–Crippen LogP) is 9.63. The molecule has 0 aliphatic rings. The molecule has 0 atom stereocenters. The molecular weight excluding hydrogens is 534 g/mol. The lowest BCUT2D eigenvalue weighted by Crippen LogP contribution is -2.09. The summed E-state index contributed by atoms with van der Waals surface area (Å²) >= 11 is 6.65. The van der Waals surface area contributed by atoms with Gasteiger partial charge in [-0.1, -0.05) is 54.6 Å². The molecular formula is C29H20BrN3S2. The number of thiophene rings is 1. The van der Waals surface area contributed by atoms with Gasteiger partial charge >= 0.3 is 0 Å². The summed E-state index contributed by atoms with van der Waals surface area (Å²) in [5.41, 5.74) is 8.89. The van der Waals surface area contributed by atoms with Crippen molar-refractivity contribution in [2.75, 3.05) is 4.90 Å². The normalized spacial score (nSPS) is 11.1. The fraction of sp³-hybridized carbons (Fsp3) is 0.0345. The van der Waals surface area contributed by atoms with E-state index in [1.807, 2.05) is 12.1 Å². The van der Waals surface area contributed by atoms with Crippen LogP contribution >= 0.6 is 39.0 Å². The van der Waals surface area contributed by atoms with Gasteiger partial charge in [-0.15, -0.1) is 11.3 Å². The maximum absolute atomic E-state index is 4.56. The molecule has 0 bridgehead atoms. The molecule has 6 rings (SSSR count). The zero-order chi connectivity index (χ0) is 23.8. The van der Waals surface area contributed by atoms with Crippen LogP contribution in [0.25, 0.3) is 31.9 Å². The number of hydrogen-bond donors (Lipinski definition) is 0. The van der Waals surface area contributed by atoms with E-state index in [1.54, 1.807) is 11.3 Å². The summed E-state index contributed by atoms with van der Waals surface area (Å²) in [4.78, 5) is 4.77. The Morgan fingerprint density at radius 1 is 0.686 bits per heavy atom. The smallest absolute Gasteiger partial charge is 0.119 e. The SMILES string of the molecule is Cc1cc(-c2ccc(Br)c3nsnc23)sc1-c1ccc(N(c2ccccc2)c2ccccc2)cc1. The molecule has 0 fully saturated rings. The number of anilines is 3. The molecule has 4 aromatic carbocycles. The van der Waals surface area contributed by atoms with E-state index < -0.39 is 0 Å². The van der Waals surface area contributed by atoms with Crippen molar-refractivity contribution >= 4 is 67.1 Å². The molecule has 6 heteroatoms. The molecule has 2 heterocycles. The molecule has 170 valence electrons. The molecule has 0 unspecified atom stereocenters. The lowest BCUT2D eigenvalue weighted by Gasteiger charge is -2.25. The van der Waals surface area contributed by atoms with E-state index in [1.165, 1.54) is 32.6 Å². The first-order valence-electron chi connectivity index (χ1n) is 11.2. The third kappa shape index (κ3) is 4.18. The summed E-state index contributed by atoms with van der Waals surface area (Å²) in [6.07, 6.45) is 0. The molecule has 35 heavy (non-hydrogen) atoms. The number of fused-ring (bicyclic) bond motifs is 1. The summed E-state index contributed by atoms with van der Waals surface area (Å²) in [5.74, 6) is 0. The topological polar surface area (TPSA) is 29.0 Å². The Bertz CT molecular complexity index is 1570. The Hall–Kier alpha value is -3.32. The van der Waals surface area contributed by atoms with Gasteiger partial charge in [0.05, 0.1) is 11.7 Å². The van der Waals surface area contributed by atoms with Crippen LogP contribution in [-0.2, 0) is 0 Å². The average Bonchev–Trinajstić information content (AvgIpc) is 3.54. The van der Waals surface area contributed by atoms with Crippen LogP contribution in [0.15, 0.2) is 108 Å². The third-order valence-electron chi connectivity index (χ3n) is 5.97. The minimum absolute atomic E-state index is 0.923. The zero-order valence-electron chi connectivity index (χ0n) is 18.9. The van der Waals surface area contributed by atoms with Crippen LogP contribution in [0.5, 0.6) is 0 Å². The summed E-state index contributed by atoms with van der Waals surface area (Å²) < 4.78 is 9.99. The van der Waals surface area contributed by atoms with Gasteiger partial charge in [-0.2, -0.15) is 8.75 Å². The second-order valence-corrected chi connectivity index (χ2v) is 10.7. The maximum Gasteiger partial charge on any atom is 0.119 e. The monoisotopic (exact) mass is 553 g/mol. The Kier molecular flexibility index (Phi) is 5.94. The average molecular weight is 555 g/mol. The van der Waals surface area contributed by atoms with Gasteiger partial charge in [0, 0.05) is 36.9 Å². The van der Waals surface area contributed by atoms with Gasteiger partial charge in [-0.25, -0.2) is 0 Å². The first-order valence-corrected chi connectivity index (χ1v) is 13.6. The van der Waals surface area contributed by atoms with E-state index in [2.05, 4.69) is 127 Å². The molecule has 0 saturated carbocycles. The summed E-state index contributed by atoms with van der Waals surface area (Å²) in [6, 6.07) is 36.3. The van der Waals surface area contributed by atoms with Gasteiger partial charge in [0.25, 0.3) is 0 Å². The van der Waals surface area contributed by atoms with Crippen LogP contribution in [-0.4, -0.2) is 8.75 Å². The van der Waals surface area contributed by atoms with Crippen molar-refractivity contribution in [3.63, 3.8) is 0 Å². The van der Waals surface area contributed by atoms with E-state index in [4.69, 9.17) is 0 Å². The van der Waals surface area contributed by atoms with Crippen molar-refractivity contribution in [2.24, 2.45) is 0 Å². The molecule has 6 aromatic rings. The van der Waals surface area contributed by atoms with Crippen molar-refractivity contribution < 1.29 is 0 Å². The van der Waals surface area contributed by atoms with Crippen molar-refractivity contribution in [1.29, 1.82) is 0 Å². The zero-order valence-corrected chi connectivity index (χ0v) is 22.1. The van der Waals surface area contributed by atoms with E-state index in [0.717, 1.165) is 38.1 Å². The molecule has 2 aromatic heterocycles. The minimum atomic E-state index is 0.923. The van der Waals surface area contributed by atoms with Crippen molar-refractivity contribution in [2.45, 2.75) is 6.92 Å². The number of aromatic nitrogens is 2. The molecule has 0 N–H and O–H groups in total. The molecule has 0 spiro atoms. The number of benzene rings is 4.